The van der Waals surface area contributed by atoms with Gasteiger partial charge in [-0.1, -0.05) is 60.1 Å². The van der Waals surface area contributed by atoms with Crippen LogP contribution in [0.15, 0.2) is 30.3 Å². The summed E-state index contributed by atoms with van der Waals surface area (Å²) in [4.78, 5) is 0. The van der Waals surface area contributed by atoms with Crippen molar-refractivity contribution in [2.45, 2.75) is 26.4 Å². The zero-order valence-electron chi connectivity index (χ0n) is 9.66. The van der Waals surface area contributed by atoms with Crippen molar-refractivity contribution in [3.05, 3.63) is 35.9 Å². The maximum Gasteiger partial charge on any atom is 0.0999 e. The Hall–Kier alpha value is -0.340. The first-order chi connectivity index (χ1) is 7.08. The molecule has 1 rings (SSSR count). The van der Waals surface area contributed by atoms with Crippen LogP contribution in [0.25, 0.3) is 0 Å². The van der Waals surface area contributed by atoms with Crippen molar-refractivity contribution >= 4 is 15.9 Å². The van der Waals surface area contributed by atoms with Crippen molar-refractivity contribution in [1.82, 2.24) is 0 Å². The first kappa shape index (κ1) is 12.7. The summed E-state index contributed by atoms with van der Waals surface area (Å²) in [6.45, 7) is 7.25. The lowest BCUT2D eigenvalue weighted by atomic mass is 9.98. The van der Waals surface area contributed by atoms with Crippen LogP contribution in [0.3, 0.4) is 0 Å². The van der Waals surface area contributed by atoms with Gasteiger partial charge >= 0.3 is 0 Å². The summed E-state index contributed by atoms with van der Waals surface area (Å²) >= 11 is 3.53. The molecule has 0 saturated heterocycles. The quantitative estimate of drug-likeness (QED) is 0.736. The summed E-state index contributed by atoms with van der Waals surface area (Å²) in [5, 5.41) is 0.816. The molecule has 0 saturated carbocycles. The molecule has 1 aromatic rings. The van der Waals surface area contributed by atoms with Crippen LogP contribution in [-0.4, -0.2) is 11.9 Å². The Kier molecular flexibility index (Phi) is 4.81. The minimum Gasteiger partial charge on any atom is -0.369 e. The van der Waals surface area contributed by atoms with E-state index in [0.717, 1.165) is 11.9 Å². The lowest BCUT2D eigenvalue weighted by Gasteiger charge is -2.29. The average Bonchev–Trinajstić information content (AvgIpc) is 2.27. The molecule has 0 aromatic heterocycles. The highest BCUT2D eigenvalue weighted by molar-refractivity contribution is 9.09. The standard InChI is InChI=1S/C13H19BrO/c1-11(2)9-15-13(3,10-14)12-7-5-4-6-8-12/h4-8,11H,9-10H2,1-3H3. The highest BCUT2D eigenvalue weighted by Crippen LogP contribution is 2.27. The van der Waals surface area contributed by atoms with Gasteiger partial charge < -0.3 is 4.74 Å². The van der Waals surface area contributed by atoms with Gasteiger partial charge in [-0.25, -0.2) is 0 Å². The zero-order valence-corrected chi connectivity index (χ0v) is 11.3. The predicted molar refractivity (Wildman–Crippen MR) is 68.4 cm³/mol. The summed E-state index contributed by atoms with van der Waals surface area (Å²) < 4.78 is 5.98. The number of halogens is 1. The SMILES string of the molecule is CC(C)COC(C)(CBr)c1ccccc1. The van der Waals surface area contributed by atoms with Gasteiger partial charge in [-0.3, -0.25) is 0 Å². The van der Waals surface area contributed by atoms with Crippen LogP contribution in [0.4, 0.5) is 0 Å². The molecule has 1 nitrogen and oxygen atoms in total. The molecule has 0 bridgehead atoms. The molecular formula is C13H19BrO. The molecule has 0 fully saturated rings. The fraction of sp³-hybridized carbons (Fsp3) is 0.538. The van der Waals surface area contributed by atoms with E-state index >= 15 is 0 Å². The lowest BCUT2D eigenvalue weighted by Crippen LogP contribution is -2.29. The van der Waals surface area contributed by atoms with E-state index in [-0.39, 0.29) is 5.60 Å². The van der Waals surface area contributed by atoms with Crippen LogP contribution in [0.5, 0.6) is 0 Å². The monoisotopic (exact) mass is 270 g/mol. The highest BCUT2D eigenvalue weighted by Gasteiger charge is 2.26. The van der Waals surface area contributed by atoms with Gasteiger partial charge in [0.1, 0.15) is 0 Å². The van der Waals surface area contributed by atoms with E-state index in [1.54, 1.807) is 0 Å². The molecule has 1 atom stereocenters. The minimum absolute atomic E-state index is 0.217. The number of alkyl halides is 1. The van der Waals surface area contributed by atoms with Crippen molar-refractivity contribution in [3.63, 3.8) is 0 Å². The van der Waals surface area contributed by atoms with E-state index < -0.39 is 0 Å². The maximum absolute atomic E-state index is 5.98. The smallest absolute Gasteiger partial charge is 0.0999 e. The summed E-state index contributed by atoms with van der Waals surface area (Å²) in [6, 6.07) is 10.4. The van der Waals surface area contributed by atoms with Crippen LogP contribution in [0, 0.1) is 5.92 Å². The van der Waals surface area contributed by atoms with Gasteiger partial charge in [-0.05, 0) is 18.4 Å². The third-order valence-electron chi connectivity index (χ3n) is 2.37. The summed E-state index contributed by atoms with van der Waals surface area (Å²) in [5.74, 6) is 0.562. The normalized spacial score (nSPS) is 15.3. The second kappa shape index (κ2) is 5.66. The molecule has 84 valence electrons. The lowest BCUT2D eigenvalue weighted by molar-refractivity contribution is -0.0301. The number of ether oxygens (including phenoxy) is 1. The Bertz CT molecular complexity index is 284. The Balaban J connectivity index is 2.76. The summed E-state index contributed by atoms with van der Waals surface area (Å²) in [7, 11) is 0. The summed E-state index contributed by atoms with van der Waals surface area (Å²) in [5.41, 5.74) is 1.01. The van der Waals surface area contributed by atoms with Crippen LogP contribution >= 0.6 is 15.9 Å². The van der Waals surface area contributed by atoms with Crippen molar-refractivity contribution in [2.24, 2.45) is 5.92 Å². The van der Waals surface area contributed by atoms with E-state index in [1.807, 2.05) is 6.07 Å². The molecule has 0 aliphatic rings. The first-order valence-corrected chi connectivity index (χ1v) is 6.46. The highest BCUT2D eigenvalue weighted by atomic mass is 79.9. The van der Waals surface area contributed by atoms with Gasteiger partial charge in [-0.2, -0.15) is 0 Å². The van der Waals surface area contributed by atoms with E-state index in [4.69, 9.17) is 4.74 Å². The molecule has 0 aliphatic heterocycles. The number of hydrogen-bond acceptors (Lipinski definition) is 1. The van der Waals surface area contributed by atoms with Gasteiger partial charge in [0.15, 0.2) is 0 Å². The van der Waals surface area contributed by atoms with Crippen molar-refractivity contribution in [1.29, 1.82) is 0 Å². The molecule has 0 spiro atoms. The second-order valence-electron chi connectivity index (χ2n) is 4.44. The molecule has 0 heterocycles. The third kappa shape index (κ3) is 3.62. The van der Waals surface area contributed by atoms with E-state index in [9.17, 15) is 0 Å². The third-order valence-corrected chi connectivity index (χ3v) is 3.44. The first-order valence-electron chi connectivity index (χ1n) is 5.34. The van der Waals surface area contributed by atoms with Gasteiger partial charge in [0.2, 0.25) is 0 Å². The molecule has 2 heteroatoms. The molecule has 0 radical (unpaired) electrons. The summed E-state index contributed by atoms with van der Waals surface area (Å²) in [6.07, 6.45) is 0. The van der Waals surface area contributed by atoms with Gasteiger partial charge in [0.05, 0.1) is 12.2 Å². The average molecular weight is 271 g/mol. The van der Waals surface area contributed by atoms with Gasteiger partial charge in [-0.15, -0.1) is 0 Å². The molecule has 1 unspecified atom stereocenters. The largest absolute Gasteiger partial charge is 0.369 e. The van der Waals surface area contributed by atoms with Crippen LogP contribution < -0.4 is 0 Å². The Morgan fingerprint density at radius 3 is 2.33 bits per heavy atom. The number of hydrogen-bond donors (Lipinski definition) is 0. The Morgan fingerprint density at radius 1 is 1.27 bits per heavy atom. The minimum atomic E-state index is -0.217. The van der Waals surface area contributed by atoms with Gasteiger partial charge in [0.25, 0.3) is 0 Å². The Morgan fingerprint density at radius 2 is 1.87 bits per heavy atom. The van der Waals surface area contributed by atoms with E-state index in [0.29, 0.717) is 5.92 Å². The van der Waals surface area contributed by atoms with Crippen molar-refractivity contribution in [2.75, 3.05) is 11.9 Å². The van der Waals surface area contributed by atoms with Crippen LogP contribution in [-0.2, 0) is 10.3 Å². The van der Waals surface area contributed by atoms with Crippen LogP contribution in [0.1, 0.15) is 26.3 Å². The number of rotatable bonds is 5. The maximum atomic E-state index is 5.98. The number of benzene rings is 1. The molecule has 0 aliphatic carbocycles. The van der Waals surface area contributed by atoms with Crippen molar-refractivity contribution in [3.8, 4) is 0 Å². The molecule has 1 aromatic carbocycles. The molecule has 0 amide bonds. The van der Waals surface area contributed by atoms with E-state index in [1.165, 1.54) is 5.56 Å². The Labute approximate surface area is 101 Å². The molecular weight excluding hydrogens is 252 g/mol. The van der Waals surface area contributed by atoms with E-state index in [2.05, 4.69) is 61.0 Å². The second-order valence-corrected chi connectivity index (χ2v) is 5.00. The van der Waals surface area contributed by atoms with Crippen LogP contribution in [0.2, 0.25) is 0 Å². The fourth-order valence-electron chi connectivity index (χ4n) is 1.34. The fourth-order valence-corrected chi connectivity index (χ4v) is 1.83. The van der Waals surface area contributed by atoms with Crippen molar-refractivity contribution < 1.29 is 4.74 Å². The predicted octanol–water partition coefficient (Wildman–Crippen LogP) is 3.97. The molecule has 15 heavy (non-hydrogen) atoms. The van der Waals surface area contributed by atoms with Gasteiger partial charge in [0, 0.05) is 5.33 Å². The topological polar surface area (TPSA) is 9.23 Å². The zero-order chi connectivity index (χ0) is 11.3. The molecule has 0 N–H and O–H groups in total.